The zero-order chi connectivity index (χ0) is 13.1. The Morgan fingerprint density at radius 1 is 1.22 bits per heavy atom. The summed E-state index contributed by atoms with van der Waals surface area (Å²) in [5, 5.41) is 14.3. The largest absolute Gasteiger partial charge is 0.357 e. The molecule has 1 fully saturated rings. The van der Waals surface area contributed by atoms with Crippen LogP contribution in [0.1, 0.15) is 52.0 Å². The van der Waals surface area contributed by atoms with Crippen LogP contribution in [0.2, 0.25) is 0 Å². The molecule has 0 radical (unpaired) electrons. The van der Waals surface area contributed by atoms with Gasteiger partial charge in [-0.2, -0.15) is 0 Å². The highest BCUT2D eigenvalue weighted by molar-refractivity contribution is 7.15. The first-order chi connectivity index (χ1) is 8.54. The molecule has 3 nitrogen and oxygen atoms in total. The molecule has 0 aliphatic heterocycles. The van der Waals surface area contributed by atoms with Crippen LogP contribution in [-0.4, -0.2) is 16.2 Å². The van der Waals surface area contributed by atoms with Crippen LogP contribution in [0, 0.1) is 17.8 Å². The maximum atomic E-state index is 4.26. The lowest BCUT2D eigenvalue weighted by atomic mass is 9.79. The Balaban J connectivity index is 1.87. The molecule has 1 aromatic heterocycles. The summed E-state index contributed by atoms with van der Waals surface area (Å²) in [6.45, 7) is 9.17. The van der Waals surface area contributed by atoms with Gasteiger partial charge in [-0.15, -0.1) is 10.2 Å². The molecule has 1 N–H and O–H groups in total. The second-order valence-electron chi connectivity index (χ2n) is 6.21. The van der Waals surface area contributed by atoms with Crippen molar-refractivity contribution in [2.75, 3.05) is 5.32 Å². The number of anilines is 1. The van der Waals surface area contributed by atoms with Crippen LogP contribution < -0.4 is 5.32 Å². The molecule has 1 aliphatic rings. The highest BCUT2D eigenvalue weighted by atomic mass is 32.1. The van der Waals surface area contributed by atoms with Crippen LogP contribution in [0.5, 0.6) is 0 Å². The molecule has 1 heterocycles. The number of nitrogens with one attached hydrogen (secondary N) is 1. The van der Waals surface area contributed by atoms with Crippen molar-refractivity contribution >= 4 is 16.5 Å². The van der Waals surface area contributed by atoms with Gasteiger partial charge in [-0.3, -0.25) is 0 Å². The predicted octanol–water partition coefficient (Wildman–Crippen LogP) is 3.97. The number of rotatable bonds is 4. The topological polar surface area (TPSA) is 37.8 Å². The molecule has 18 heavy (non-hydrogen) atoms. The van der Waals surface area contributed by atoms with Gasteiger partial charge in [0.1, 0.15) is 5.01 Å². The fourth-order valence-corrected chi connectivity index (χ4v) is 3.63. The molecular weight excluding hydrogens is 242 g/mol. The third-order valence-electron chi connectivity index (χ3n) is 3.98. The third-order valence-corrected chi connectivity index (χ3v) is 4.85. The van der Waals surface area contributed by atoms with E-state index in [1.54, 1.807) is 11.3 Å². The number of hydrogen-bond donors (Lipinski definition) is 1. The van der Waals surface area contributed by atoms with Gasteiger partial charge in [0.25, 0.3) is 0 Å². The van der Waals surface area contributed by atoms with Crippen molar-refractivity contribution in [3.05, 3.63) is 5.01 Å². The molecule has 4 heteroatoms. The third kappa shape index (κ3) is 3.67. The Labute approximate surface area is 114 Å². The van der Waals surface area contributed by atoms with E-state index in [-0.39, 0.29) is 0 Å². The van der Waals surface area contributed by atoms with Gasteiger partial charge < -0.3 is 5.32 Å². The second-order valence-corrected chi connectivity index (χ2v) is 7.27. The zero-order valence-electron chi connectivity index (χ0n) is 11.9. The highest BCUT2D eigenvalue weighted by Crippen LogP contribution is 2.31. The lowest BCUT2D eigenvalue weighted by Crippen LogP contribution is -2.30. The van der Waals surface area contributed by atoms with Crippen molar-refractivity contribution in [1.82, 2.24) is 10.2 Å². The van der Waals surface area contributed by atoms with Gasteiger partial charge in [-0.25, -0.2) is 0 Å². The maximum Gasteiger partial charge on any atom is 0.205 e. The van der Waals surface area contributed by atoms with Crippen molar-refractivity contribution in [3.8, 4) is 0 Å². The van der Waals surface area contributed by atoms with Crippen LogP contribution in [0.4, 0.5) is 5.13 Å². The molecule has 3 atom stereocenters. The second kappa shape index (κ2) is 6.00. The van der Waals surface area contributed by atoms with Crippen LogP contribution in [0.15, 0.2) is 0 Å². The molecule has 1 aromatic rings. The molecule has 2 rings (SSSR count). The average Bonchev–Trinajstić information content (AvgIpc) is 2.70. The zero-order valence-corrected chi connectivity index (χ0v) is 12.8. The Bertz CT molecular complexity index is 375. The Hall–Kier alpha value is -0.640. The molecule has 3 unspecified atom stereocenters. The smallest absolute Gasteiger partial charge is 0.205 e. The van der Waals surface area contributed by atoms with Crippen LogP contribution in [-0.2, 0) is 6.42 Å². The molecule has 0 bridgehead atoms. The Morgan fingerprint density at radius 2 is 2.00 bits per heavy atom. The number of aromatic nitrogens is 2. The lowest BCUT2D eigenvalue weighted by molar-refractivity contribution is 0.261. The van der Waals surface area contributed by atoms with E-state index in [1.165, 1.54) is 19.3 Å². The van der Waals surface area contributed by atoms with Gasteiger partial charge in [0.15, 0.2) is 0 Å². The summed E-state index contributed by atoms with van der Waals surface area (Å²) in [7, 11) is 0. The minimum atomic E-state index is 0.594. The molecule has 0 spiro atoms. The molecule has 1 saturated carbocycles. The molecule has 102 valence electrons. The molecule has 1 aliphatic carbocycles. The van der Waals surface area contributed by atoms with Crippen molar-refractivity contribution in [2.24, 2.45) is 17.8 Å². The van der Waals surface area contributed by atoms with Crippen molar-refractivity contribution in [2.45, 2.75) is 59.4 Å². The quantitative estimate of drug-likeness (QED) is 0.897. The SMILES string of the molecule is CC(C)Cc1nnc(NC2CCC(C)C(C)C2)s1. The standard InChI is InChI=1S/C14H25N3S/c1-9(2)7-13-16-17-14(18-13)15-12-6-5-10(3)11(4)8-12/h9-12H,5-8H2,1-4H3,(H,15,17). The van der Waals surface area contributed by atoms with Gasteiger partial charge in [-0.1, -0.05) is 39.0 Å². The van der Waals surface area contributed by atoms with E-state index in [0.717, 1.165) is 28.4 Å². The predicted molar refractivity (Wildman–Crippen MR) is 78.0 cm³/mol. The van der Waals surface area contributed by atoms with Gasteiger partial charge in [0.2, 0.25) is 5.13 Å². The van der Waals surface area contributed by atoms with Gasteiger partial charge in [-0.05, 0) is 37.0 Å². The Kier molecular flexibility index (Phi) is 4.60. The molecule has 0 amide bonds. The molecule has 0 saturated heterocycles. The number of hydrogen-bond acceptors (Lipinski definition) is 4. The van der Waals surface area contributed by atoms with Gasteiger partial charge >= 0.3 is 0 Å². The molecule has 0 aromatic carbocycles. The van der Waals surface area contributed by atoms with E-state index in [9.17, 15) is 0 Å². The van der Waals surface area contributed by atoms with E-state index < -0.39 is 0 Å². The maximum absolute atomic E-state index is 4.26. The summed E-state index contributed by atoms with van der Waals surface area (Å²) >= 11 is 1.72. The first kappa shape index (κ1) is 13.8. The minimum Gasteiger partial charge on any atom is -0.357 e. The Morgan fingerprint density at radius 3 is 2.67 bits per heavy atom. The van der Waals surface area contributed by atoms with Crippen LogP contribution >= 0.6 is 11.3 Å². The minimum absolute atomic E-state index is 0.594. The summed E-state index contributed by atoms with van der Waals surface area (Å²) in [6, 6.07) is 0.594. The van der Waals surface area contributed by atoms with E-state index in [2.05, 4.69) is 43.2 Å². The summed E-state index contributed by atoms with van der Waals surface area (Å²) in [6.07, 6.45) is 4.90. The normalized spacial score (nSPS) is 28.6. The van der Waals surface area contributed by atoms with E-state index in [1.807, 2.05) is 0 Å². The molecular formula is C14H25N3S. The summed E-state index contributed by atoms with van der Waals surface area (Å²) in [5.74, 6) is 2.34. The van der Waals surface area contributed by atoms with Crippen LogP contribution in [0.3, 0.4) is 0 Å². The lowest BCUT2D eigenvalue weighted by Gasteiger charge is -2.32. The van der Waals surface area contributed by atoms with Crippen LogP contribution in [0.25, 0.3) is 0 Å². The summed E-state index contributed by atoms with van der Waals surface area (Å²) in [4.78, 5) is 0. The fraction of sp³-hybridized carbons (Fsp3) is 0.857. The monoisotopic (exact) mass is 267 g/mol. The summed E-state index contributed by atoms with van der Waals surface area (Å²) < 4.78 is 0. The van der Waals surface area contributed by atoms with E-state index >= 15 is 0 Å². The summed E-state index contributed by atoms with van der Waals surface area (Å²) in [5.41, 5.74) is 0. The average molecular weight is 267 g/mol. The fourth-order valence-electron chi connectivity index (χ4n) is 2.60. The highest BCUT2D eigenvalue weighted by Gasteiger charge is 2.25. The first-order valence-electron chi connectivity index (χ1n) is 7.13. The number of nitrogens with zero attached hydrogens (tertiary/aromatic N) is 2. The van der Waals surface area contributed by atoms with Gasteiger partial charge in [0.05, 0.1) is 0 Å². The van der Waals surface area contributed by atoms with Crippen molar-refractivity contribution in [1.29, 1.82) is 0 Å². The van der Waals surface area contributed by atoms with Gasteiger partial charge in [0, 0.05) is 12.5 Å². The first-order valence-corrected chi connectivity index (χ1v) is 7.95. The van der Waals surface area contributed by atoms with E-state index in [0.29, 0.717) is 12.0 Å². The van der Waals surface area contributed by atoms with Crippen molar-refractivity contribution < 1.29 is 0 Å². The van der Waals surface area contributed by atoms with E-state index in [4.69, 9.17) is 0 Å². The van der Waals surface area contributed by atoms with Crippen molar-refractivity contribution in [3.63, 3.8) is 0 Å².